The summed E-state index contributed by atoms with van der Waals surface area (Å²) in [5.41, 5.74) is 1.39. The van der Waals surface area contributed by atoms with Gasteiger partial charge in [-0.2, -0.15) is 4.31 Å². The van der Waals surface area contributed by atoms with Gasteiger partial charge in [-0.25, -0.2) is 8.42 Å². The van der Waals surface area contributed by atoms with Crippen LogP contribution in [0.2, 0.25) is 0 Å². The maximum atomic E-state index is 12.0. The number of nitrogens with one attached hydrogen (secondary N) is 1. The lowest BCUT2D eigenvalue weighted by molar-refractivity contribution is -0.903. The Bertz CT molecular complexity index is 508. The first-order valence-corrected chi connectivity index (χ1v) is 9.58. The number of sulfonamides is 1. The van der Waals surface area contributed by atoms with Gasteiger partial charge in [-0.15, -0.1) is 0 Å². The molecule has 1 fully saturated rings. The van der Waals surface area contributed by atoms with E-state index in [0.717, 1.165) is 26.1 Å². The lowest BCUT2D eigenvalue weighted by atomic mass is 10.1. The van der Waals surface area contributed by atoms with Gasteiger partial charge in [0, 0.05) is 6.42 Å². The fourth-order valence-corrected chi connectivity index (χ4v) is 4.42. The van der Waals surface area contributed by atoms with Crippen LogP contribution in [0.4, 0.5) is 0 Å². The van der Waals surface area contributed by atoms with Gasteiger partial charge in [0.05, 0.1) is 38.5 Å². The maximum Gasteiger partial charge on any atom is 0.214 e. The molecule has 1 aromatic rings. The quantitative estimate of drug-likeness (QED) is 0.799. The first kappa shape index (κ1) is 16.5. The topological polar surface area (TPSA) is 41.8 Å². The second-order valence-corrected chi connectivity index (χ2v) is 7.89. The first-order chi connectivity index (χ1) is 10.1. The van der Waals surface area contributed by atoms with Crippen LogP contribution in [-0.4, -0.2) is 51.2 Å². The fourth-order valence-electron chi connectivity index (χ4n) is 2.90. The Hall–Kier alpha value is -0.910. The summed E-state index contributed by atoms with van der Waals surface area (Å²) >= 11 is 0. The molecule has 0 atom stereocenters. The summed E-state index contributed by atoms with van der Waals surface area (Å²) in [6.07, 6.45) is 2.98. The van der Waals surface area contributed by atoms with Crippen molar-refractivity contribution in [1.82, 2.24) is 4.31 Å². The Morgan fingerprint density at radius 3 is 2.43 bits per heavy atom. The van der Waals surface area contributed by atoms with Crippen LogP contribution in [-0.2, 0) is 16.4 Å². The van der Waals surface area contributed by atoms with Crippen LogP contribution in [0, 0.1) is 0 Å². The van der Waals surface area contributed by atoms with E-state index in [1.54, 1.807) is 4.31 Å². The highest BCUT2D eigenvalue weighted by molar-refractivity contribution is 7.89. The predicted octanol–water partition coefficient (Wildman–Crippen LogP) is 0.560. The van der Waals surface area contributed by atoms with E-state index in [1.807, 2.05) is 13.0 Å². The molecule has 0 unspecified atom stereocenters. The number of hydrogen-bond donors (Lipinski definition) is 1. The van der Waals surface area contributed by atoms with Crippen molar-refractivity contribution < 1.29 is 13.3 Å². The van der Waals surface area contributed by atoms with Crippen LogP contribution in [0.25, 0.3) is 0 Å². The van der Waals surface area contributed by atoms with Crippen molar-refractivity contribution in [3.63, 3.8) is 0 Å². The molecule has 1 saturated heterocycles. The third-order valence-corrected chi connectivity index (χ3v) is 6.20. The summed E-state index contributed by atoms with van der Waals surface area (Å²) in [5, 5.41) is 0. The van der Waals surface area contributed by atoms with E-state index >= 15 is 0 Å². The summed E-state index contributed by atoms with van der Waals surface area (Å²) < 4.78 is 25.7. The van der Waals surface area contributed by atoms with Crippen molar-refractivity contribution in [1.29, 1.82) is 0 Å². The van der Waals surface area contributed by atoms with Crippen molar-refractivity contribution >= 4 is 10.0 Å². The molecule has 0 bridgehead atoms. The van der Waals surface area contributed by atoms with Gasteiger partial charge in [-0.3, -0.25) is 0 Å². The van der Waals surface area contributed by atoms with Crippen molar-refractivity contribution in [3.8, 4) is 0 Å². The zero-order chi connectivity index (χ0) is 15.1. The molecule has 1 heterocycles. The normalized spacial score (nSPS) is 18.0. The molecule has 118 valence electrons. The number of aryl methyl sites for hydroxylation is 1. The Morgan fingerprint density at radius 1 is 1.14 bits per heavy atom. The minimum Gasteiger partial charge on any atom is -0.333 e. The molecule has 0 radical (unpaired) electrons. The molecule has 0 spiro atoms. The van der Waals surface area contributed by atoms with Crippen molar-refractivity contribution in [2.24, 2.45) is 0 Å². The van der Waals surface area contributed by atoms with Gasteiger partial charge < -0.3 is 4.90 Å². The third kappa shape index (κ3) is 5.09. The largest absolute Gasteiger partial charge is 0.333 e. The summed E-state index contributed by atoms with van der Waals surface area (Å²) in [6, 6.07) is 10.6. The fraction of sp³-hybridized carbons (Fsp3) is 0.625. The molecule has 1 N–H and O–H groups in total. The summed E-state index contributed by atoms with van der Waals surface area (Å²) in [6.45, 7) is 6.31. The predicted molar refractivity (Wildman–Crippen MR) is 86.0 cm³/mol. The number of hydrogen-bond acceptors (Lipinski definition) is 2. The molecule has 1 aliphatic rings. The Kier molecular flexibility index (Phi) is 6.21. The number of nitrogens with zero attached hydrogens (tertiary/aromatic N) is 1. The van der Waals surface area contributed by atoms with E-state index in [0.29, 0.717) is 19.5 Å². The van der Waals surface area contributed by atoms with Gasteiger partial charge in [0.25, 0.3) is 0 Å². The minimum atomic E-state index is -3.00. The van der Waals surface area contributed by atoms with Gasteiger partial charge >= 0.3 is 0 Å². The minimum absolute atomic E-state index is 0.288. The van der Waals surface area contributed by atoms with Gasteiger partial charge in [0.15, 0.2) is 0 Å². The van der Waals surface area contributed by atoms with Crippen molar-refractivity contribution in [2.45, 2.75) is 26.2 Å². The standard InChI is InChI=1S/C16H26N2O2S/c1-2-15-21(19,20)18-13-11-17(12-14-18)10-6-9-16-7-4-3-5-8-16/h3-5,7-8H,2,6,9-15H2,1H3/p+1. The van der Waals surface area contributed by atoms with Crippen LogP contribution in [0.15, 0.2) is 30.3 Å². The maximum absolute atomic E-state index is 12.0. The Morgan fingerprint density at radius 2 is 1.81 bits per heavy atom. The average molecular weight is 311 g/mol. The summed E-state index contributed by atoms with van der Waals surface area (Å²) in [4.78, 5) is 1.54. The molecule has 5 heteroatoms. The van der Waals surface area contributed by atoms with Crippen molar-refractivity contribution in [3.05, 3.63) is 35.9 Å². The lowest BCUT2D eigenvalue weighted by Gasteiger charge is -2.31. The number of quaternary nitrogens is 1. The third-order valence-electron chi connectivity index (χ3n) is 4.12. The molecule has 1 aromatic carbocycles. The molecule has 0 aromatic heterocycles. The van der Waals surface area contributed by atoms with Gasteiger partial charge in [-0.1, -0.05) is 37.3 Å². The van der Waals surface area contributed by atoms with E-state index in [1.165, 1.54) is 16.9 Å². The smallest absolute Gasteiger partial charge is 0.214 e. The molecule has 2 rings (SSSR count). The molecule has 0 aliphatic carbocycles. The highest BCUT2D eigenvalue weighted by Crippen LogP contribution is 2.04. The molecule has 0 amide bonds. The number of benzene rings is 1. The highest BCUT2D eigenvalue weighted by Gasteiger charge is 2.27. The molecule has 1 aliphatic heterocycles. The Balaban J connectivity index is 1.70. The van der Waals surface area contributed by atoms with Gasteiger partial charge in [0.1, 0.15) is 0 Å². The molecule has 21 heavy (non-hydrogen) atoms. The van der Waals surface area contributed by atoms with Crippen LogP contribution >= 0.6 is 0 Å². The van der Waals surface area contributed by atoms with E-state index in [2.05, 4.69) is 24.3 Å². The Labute approximate surface area is 128 Å². The summed E-state index contributed by atoms with van der Waals surface area (Å²) in [5.74, 6) is 0.288. The van der Waals surface area contributed by atoms with Crippen LogP contribution < -0.4 is 4.90 Å². The zero-order valence-corrected chi connectivity index (χ0v) is 13.7. The first-order valence-electron chi connectivity index (χ1n) is 7.97. The summed E-state index contributed by atoms with van der Waals surface area (Å²) in [7, 11) is -3.00. The van der Waals surface area contributed by atoms with Crippen LogP contribution in [0.3, 0.4) is 0 Å². The molecular formula is C16H27N2O2S+. The molecule has 0 saturated carbocycles. The SMILES string of the molecule is CCCS(=O)(=O)N1CC[NH+](CCCc2ccccc2)CC1. The van der Waals surface area contributed by atoms with E-state index in [-0.39, 0.29) is 5.75 Å². The van der Waals surface area contributed by atoms with Crippen LogP contribution in [0.5, 0.6) is 0 Å². The van der Waals surface area contributed by atoms with Crippen LogP contribution in [0.1, 0.15) is 25.3 Å². The van der Waals surface area contributed by atoms with E-state index < -0.39 is 10.0 Å². The lowest BCUT2D eigenvalue weighted by Crippen LogP contribution is -3.14. The van der Waals surface area contributed by atoms with E-state index in [9.17, 15) is 8.42 Å². The zero-order valence-electron chi connectivity index (χ0n) is 12.9. The molecule has 4 nitrogen and oxygen atoms in total. The number of rotatable bonds is 7. The second kappa shape index (κ2) is 7.92. The number of piperazine rings is 1. The van der Waals surface area contributed by atoms with Crippen molar-refractivity contribution in [2.75, 3.05) is 38.5 Å². The second-order valence-electron chi connectivity index (χ2n) is 5.80. The monoisotopic (exact) mass is 311 g/mol. The van der Waals surface area contributed by atoms with Gasteiger partial charge in [0.2, 0.25) is 10.0 Å². The van der Waals surface area contributed by atoms with Gasteiger partial charge in [-0.05, 0) is 18.4 Å². The van der Waals surface area contributed by atoms with E-state index in [4.69, 9.17) is 0 Å². The average Bonchev–Trinajstić information content (AvgIpc) is 2.49. The highest BCUT2D eigenvalue weighted by atomic mass is 32.2. The molecular weight excluding hydrogens is 284 g/mol.